The molecule has 0 aliphatic rings. The van der Waals surface area contributed by atoms with E-state index in [1.807, 2.05) is 36.4 Å². The lowest BCUT2D eigenvalue weighted by Crippen LogP contribution is -2.32. The lowest BCUT2D eigenvalue weighted by Gasteiger charge is -2.13. The smallest absolute Gasteiger partial charge is 0.258 e. The first-order valence-corrected chi connectivity index (χ1v) is 11.6. The molecule has 2 heterocycles. The van der Waals surface area contributed by atoms with Crippen molar-refractivity contribution in [3.05, 3.63) is 60.2 Å². The van der Waals surface area contributed by atoms with E-state index in [1.165, 1.54) is 0 Å². The van der Waals surface area contributed by atoms with Crippen molar-refractivity contribution in [2.75, 3.05) is 34.0 Å². The molecule has 2 aromatic heterocycles. The number of methoxy groups -OCH3 is 2. The van der Waals surface area contributed by atoms with Gasteiger partial charge in [0.05, 0.1) is 26.3 Å². The molecule has 0 fully saturated rings. The summed E-state index contributed by atoms with van der Waals surface area (Å²) in [6, 6.07) is 16.6. The number of nitrogens with one attached hydrogen (secondary N) is 1. The number of para-hydroxylation sites is 1. The first-order chi connectivity index (χ1) is 17.5. The van der Waals surface area contributed by atoms with Gasteiger partial charge in [-0.15, -0.1) is 15.3 Å². The third kappa shape index (κ3) is 5.65. The number of hydrogen-bond donors (Lipinski definition) is 1. The standard InChI is InChI=1S/C26H29N5O5/c1-17(2)19-7-5-6-8-21(19)36-16-24(32)27-13-14-35-25-12-11-23-28-29-26(31(23)30-25)20-10-9-18(33-3)15-22(20)34-4/h5-12,15,17H,13-14,16H2,1-4H3,(H,27,32). The second kappa shape index (κ2) is 11.4. The van der Waals surface area contributed by atoms with Crippen LogP contribution in [0.4, 0.5) is 0 Å². The van der Waals surface area contributed by atoms with Crippen LogP contribution in [-0.2, 0) is 4.79 Å². The number of aromatic nitrogens is 4. The molecule has 0 spiro atoms. The quantitative estimate of drug-likeness (QED) is 0.318. The summed E-state index contributed by atoms with van der Waals surface area (Å²) in [6.45, 7) is 4.63. The van der Waals surface area contributed by atoms with Crippen molar-refractivity contribution < 1.29 is 23.7 Å². The van der Waals surface area contributed by atoms with Gasteiger partial charge in [0.25, 0.3) is 5.91 Å². The van der Waals surface area contributed by atoms with Crippen molar-refractivity contribution in [2.24, 2.45) is 0 Å². The van der Waals surface area contributed by atoms with Crippen LogP contribution in [-0.4, -0.2) is 59.7 Å². The topological polar surface area (TPSA) is 109 Å². The minimum Gasteiger partial charge on any atom is -0.497 e. The normalized spacial score (nSPS) is 10.9. The molecule has 4 aromatic rings. The van der Waals surface area contributed by atoms with Gasteiger partial charge < -0.3 is 24.3 Å². The Balaban J connectivity index is 1.34. The Morgan fingerprint density at radius 1 is 0.972 bits per heavy atom. The summed E-state index contributed by atoms with van der Waals surface area (Å²) in [5.41, 5.74) is 2.33. The molecular weight excluding hydrogens is 462 g/mol. The van der Waals surface area contributed by atoms with Crippen LogP contribution < -0.4 is 24.3 Å². The molecule has 0 unspecified atom stereocenters. The van der Waals surface area contributed by atoms with Crippen LogP contribution in [0.2, 0.25) is 0 Å². The minimum atomic E-state index is -0.228. The maximum Gasteiger partial charge on any atom is 0.258 e. The number of carbonyl (C=O) groups is 1. The first-order valence-electron chi connectivity index (χ1n) is 11.6. The number of carbonyl (C=O) groups excluding carboxylic acids is 1. The number of rotatable bonds is 11. The van der Waals surface area contributed by atoms with Crippen molar-refractivity contribution in [3.63, 3.8) is 0 Å². The molecule has 0 aliphatic carbocycles. The van der Waals surface area contributed by atoms with Crippen LogP contribution in [0.5, 0.6) is 23.1 Å². The van der Waals surface area contributed by atoms with E-state index in [2.05, 4.69) is 34.5 Å². The molecule has 1 amide bonds. The summed E-state index contributed by atoms with van der Waals surface area (Å²) in [5, 5.41) is 15.7. The highest BCUT2D eigenvalue weighted by atomic mass is 16.5. The average molecular weight is 492 g/mol. The molecule has 4 rings (SSSR count). The largest absolute Gasteiger partial charge is 0.497 e. The molecule has 0 bridgehead atoms. The SMILES string of the molecule is COc1ccc(-c2nnc3ccc(OCCNC(=O)COc4ccccc4C(C)C)nn23)c(OC)c1. The van der Waals surface area contributed by atoms with Gasteiger partial charge in [-0.05, 0) is 35.7 Å². The highest BCUT2D eigenvalue weighted by Crippen LogP contribution is 2.32. The fourth-order valence-electron chi connectivity index (χ4n) is 3.63. The van der Waals surface area contributed by atoms with Gasteiger partial charge in [-0.1, -0.05) is 32.0 Å². The van der Waals surface area contributed by atoms with Crippen LogP contribution in [0, 0.1) is 0 Å². The molecule has 2 aromatic carbocycles. The van der Waals surface area contributed by atoms with Crippen molar-refractivity contribution >= 4 is 11.6 Å². The third-order valence-corrected chi connectivity index (χ3v) is 5.46. The lowest BCUT2D eigenvalue weighted by atomic mass is 10.0. The number of amides is 1. The highest BCUT2D eigenvalue weighted by Gasteiger charge is 2.16. The maximum absolute atomic E-state index is 12.2. The van der Waals surface area contributed by atoms with E-state index >= 15 is 0 Å². The summed E-state index contributed by atoms with van der Waals surface area (Å²) in [7, 11) is 3.17. The van der Waals surface area contributed by atoms with Crippen molar-refractivity contribution in [1.82, 2.24) is 25.1 Å². The molecular formula is C26H29N5O5. The van der Waals surface area contributed by atoms with Crippen LogP contribution >= 0.6 is 0 Å². The van der Waals surface area contributed by atoms with Crippen LogP contribution in [0.15, 0.2) is 54.6 Å². The predicted molar refractivity (Wildman–Crippen MR) is 134 cm³/mol. The van der Waals surface area contributed by atoms with E-state index in [0.717, 1.165) is 11.3 Å². The molecule has 0 saturated heterocycles. The Morgan fingerprint density at radius 2 is 1.81 bits per heavy atom. The van der Waals surface area contributed by atoms with Gasteiger partial charge in [-0.3, -0.25) is 4.79 Å². The van der Waals surface area contributed by atoms with Gasteiger partial charge >= 0.3 is 0 Å². The van der Waals surface area contributed by atoms with Gasteiger partial charge in [-0.2, -0.15) is 4.52 Å². The van der Waals surface area contributed by atoms with Gasteiger partial charge in [0.15, 0.2) is 18.1 Å². The Morgan fingerprint density at radius 3 is 2.58 bits per heavy atom. The Labute approximate surface area is 209 Å². The van der Waals surface area contributed by atoms with Crippen molar-refractivity contribution in [3.8, 4) is 34.5 Å². The van der Waals surface area contributed by atoms with Crippen LogP contribution in [0.1, 0.15) is 25.3 Å². The van der Waals surface area contributed by atoms with Crippen molar-refractivity contribution in [2.45, 2.75) is 19.8 Å². The van der Waals surface area contributed by atoms with Crippen LogP contribution in [0.25, 0.3) is 17.0 Å². The zero-order chi connectivity index (χ0) is 25.5. The van der Waals surface area contributed by atoms with Gasteiger partial charge in [0, 0.05) is 12.1 Å². The van der Waals surface area contributed by atoms with E-state index in [0.29, 0.717) is 46.9 Å². The fraction of sp³-hybridized carbons (Fsp3) is 0.308. The Bertz CT molecular complexity index is 1340. The molecule has 0 aliphatic heterocycles. The molecule has 1 N–H and O–H groups in total. The summed E-state index contributed by atoms with van der Waals surface area (Å²) in [5.74, 6) is 2.91. The Kier molecular flexibility index (Phi) is 7.84. The first kappa shape index (κ1) is 24.8. The monoisotopic (exact) mass is 491 g/mol. The highest BCUT2D eigenvalue weighted by molar-refractivity contribution is 5.77. The zero-order valence-electron chi connectivity index (χ0n) is 20.7. The van der Waals surface area contributed by atoms with E-state index < -0.39 is 0 Å². The number of nitrogens with zero attached hydrogens (tertiary/aromatic N) is 4. The van der Waals surface area contributed by atoms with Crippen molar-refractivity contribution in [1.29, 1.82) is 0 Å². The number of ether oxygens (including phenoxy) is 4. The summed E-state index contributed by atoms with van der Waals surface area (Å²) >= 11 is 0. The number of fused-ring (bicyclic) bond motifs is 1. The third-order valence-electron chi connectivity index (χ3n) is 5.46. The second-order valence-electron chi connectivity index (χ2n) is 8.21. The fourth-order valence-corrected chi connectivity index (χ4v) is 3.63. The van der Waals surface area contributed by atoms with Gasteiger partial charge in [-0.25, -0.2) is 0 Å². The Hall–Kier alpha value is -4.34. The van der Waals surface area contributed by atoms with Gasteiger partial charge in [0.1, 0.15) is 23.9 Å². The van der Waals surface area contributed by atoms with Gasteiger partial charge in [0.2, 0.25) is 5.88 Å². The minimum absolute atomic E-state index is 0.0678. The lowest BCUT2D eigenvalue weighted by molar-refractivity contribution is -0.123. The summed E-state index contributed by atoms with van der Waals surface area (Å²) in [4.78, 5) is 12.2. The average Bonchev–Trinajstić information content (AvgIpc) is 3.32. The van der Waals surface area contributed by atoms with E-state index in [1.54, 1.807) is 36.9 Å². The number of benzene rings is 2. The molecule has 36 heavy (non-hydrogen) atoms. The van der Waals surface area contributed by atoms with E-state index in [9.17, 15) is 4.79 Å². The molecule has 0 radical (unpaired) electrons. The van der Waals surface area contributed by atoms with Crippen LogP contribution in [0.3, 0.4) is 0 Å². The molecule has 0 saturated carbocycles. The van der Waals surface area contributed by atoms with E-state index in [4.69, 9.17) is 18.9 Å². The summed E-state index contributed by atoms with van der Waals surface area (Å²) < 4.78 is 23.8. The molecule has 10 nitrogen and oxygen atoms in total. The summed E-state index contributed by atoms with van der Waals surface area (Å²) in [6.07, 6.45) is 0. The molecule has 0 atom stereocenters. The van der Waals surface area contributed by atoms with E-state index in [-0.39, 0.29) is 19.1 Å². The molecule has 188 valence electrons. The maximum atomic E-state index is 12.2. The molecule has 10 heteroatoms. The predicted octanol–water partition coefficient (Wildman–Crippen LogP) is 3.51. The second-order valence-corrected chi connectivity index (χ2v) is 8.21. The number of hydrogen-bond acceptors (Lipinski definition) is 8. The zero-order valence-corrected chi connectivity index (χ0v) is 20.7.